The van der Waals surface area contributed by atoms with E-state index < -0.39 is 4.92 Å². The molecule has 2 aromatic rings. The smallest absolute Gasteiger partial charge is 0.323 e. The first-order chi connectivity index (χ1) is 9.25. The molecule has 2 heterocycles. The van der Waals surface area contributed by atoms with E-state index >= 15 is 0 Å². The lowest BCUT2D eigenvalue weighted by atomic mass is 10.2. The summed E-state index contributed by atoms with van der Waals surface area (Å²) in [5.74, 6) is 0. The Bertz CT molecular complexity index is 606. The fourth-order valence-corrected chi connectivity index (χ4v) is 2.19. The van der Waals surface area contributed by atoms with Crippen LogP contribution in [0.3, 0.4) is 0 Å². The van der Waals surface area contributed by atoms with Gasteiger partial charge in [-0.1, -0.05) is 0 Å². The summed E-state index contributed by atoms with van der Waals surface area (Å²) in [6.07, 6.45) is 2.10. The molecule has 0 aliphatic carbocycles. The lowest BCUT2D eigenvalue weighted by Gasteiger charge is -2.11. The lowest BCUT2D eigenvalue weighted by Crippen LogP contribution is -2.18. The van der Waals surface area contributed by atoms with E-state index in [0.717, 1.165) is 19.4 Å². The van der Waals surface area contributed by atoms with Crippen molar-refractivity contribution in [1.29, 1.82) is 0 Å². The first kappa shape index (κ1) is 11.8. The van der Waals surface area contributed by atoms with E-state index in [9.17, 15) is 10.1 Å². The van der Waals surface area contributed by atoms with Crippen LogP contribution in [0.1, 0.15) is 12.8 Å². The van der Waals surface area contributed by atoms with Crippen molar-refractivity contribution in [2.24, 2.45) is 0 Å². The average molecular weight is 264 g/mol. The molecule has 1 aliphatic heterocycles. The number of fused-ring (bicyclic) bond motifs is 1. The average Bonchev–Trinajstić information content (AvgIpc) is 3.06. The molecule has 3 rings (SSSR count). The van der Waals surface area contributed by atoms with Gasteiger partial charge in [0, 0.05) is 13.2 Å². The van der Waals surface area contributed by atoms with Gasteiger partial charge < -0.3 is 10.1 Å². The highest BCUT2D eigenvalue weighted by atomic mass is 16.6. The Morgan fingerprint density at radius 2 is 2.37 bits per heavy atom. The van der Waals surface area contributed by atoms with Gasteiger partial charge in [0.15, 0.2) is 0 Å². The van der Waals surface area contributed by atoms with Gasteiger partial charge in [-0.05, 0) is 35.3 Å². The maximum atomic E-state index is 11.2. The minimum absolute atomic E-state index is 0.103. The summed E-state index contributed by atoms with van der Waals surface area (Å²) in [4.78, 5) is 10.7. The Balaban J connectivity index is 1.88. The quantitative estimate of drug-likeness (QED) is 0.662. The Labute approximate surface area is 107 Å². The normalized spacial score (nSPS) is 18.8. The number of nitrogens with zero attached hydrogens (tertiary/aromatic N) is 3. The highest BCUT2D eigenvalue weighted by Gasteiger charge is 2.23. The number of hydrogen-bond acceptors (Lipinski definition) is 7. The van der Waals surface area contributed by atoms with Gasteiger partial charge in [0.1, 0.15) is 11.2 Å². The minimum atomic E-state index is -0.482. The maximum absolute atomic E-state index is 11.2. The van der Waals surface area contributed by atoms with Gasteiger partial charge >= 0.3 is 5.69 Å². The number of nitro benzene ring substituents is 1. The topological polar surface area (TPSA) is 103 Å². The number of nitro groups is 1. The van der Waals surface area contributed by atoms with Crippen LogP contribution >= 0.6 is 0 Å². The number of benzene rings is 1. The zero-order valence-corrected chi connectivity index (χ0v) is 10.0. The SMILES string of the molecule is O=[N+]([O-])c1c(NCC2CCCO2)ccc2nonc12. The second kappa shape index (κ2) is 4.81. The van der Waals surface area contributed by atoms with Crippen LogP contribution in [0.2, 0.25) is 0 Å². The van der Waals surface area contributed by atoms with Crippen LogP contribution in [-0.4, -0.2) is 34.5 Å². The van der Waals surface area contributed by atoms with Crippen molar-refractivity contribution in [2.45, 2.75) is 18.9 Å². The fourth-order valence-electron chi connectivity index (χ4n) is 2.19. The lowest BCUT2D eigenvalue weighted by molar-refractivity contribution is -0.382. The molecule has 0 radical (unpaired) electrons. The number of rotatable bonds is 4. The second-order valence-corrected chi connectivity index (χ2v) is 4.37. The van der Waals surface area contributed by atoms with E-state index in [0.29, 0.717) is 17.7 Å². The van der Waals surface area contributed by atoms with Gasteiger partial charge in [-0.3, -0.25) is 10.1 Å². The molecule has 0 amide bonds. The predicted octanol–water partition coefficient (Wildman–Crippen LogP) is 1.72. The van der Waals surface area contributed by atoms with Crippen molar-refractivity contribution < 1.29 is 14.3 Å². The summed E-state index contributed by atoms with van der Waals surface area (Å²) in [7, 11) is 0. The highest BCUT2D eigenvalue weighted by Crippen LogP contribution is 2.31. The van der Waals surface area contributed by atoms with Crippen molar-refractivity contribution in [1.82, 2.24) is 10.3 Å². The Hall–Kier alpha value is -2.22. The van der Waals surface area contributed by atoms with E-state index in [-0.39, 0.29) is 17.3 Å². The first-order valence-corrected chi connectivity index (χ1v) is 6.01. The van der Waals surface area contributed by atoms with Crippen LogP contribution in [-0.2, 0) is 4.74 Å². The van der Waals surface area contributed by atoms with Crippen molar-refractivity contribution in [3.05, 3.63) is 22.2 Å². The summed E-state index contributed by atoms with van der Waals surface area (Å²) in [6.45, 7) is 1.29. The molecule has 1 aliphatic rings. The largest absolute Gasteiger partial charge is 0.377 e. The first-order valence-electron chi connectivity index (χ1n) is 6.01. The molecule has 1 unspecified atom stereocenters. The van der Waals surface area contributed by atoms with Crippen molar-refractivity contribution >= 4 is 22.4 Å². The van der Waals surface area contributed by atoms with E-state index in [2.05, 4.69) is 20.3 Å². The highest BCUT2D eigenvalue weighted by molar-refractivity contribution is 5.90. The van der Waals surface area contributed by atoms with Gasteiger partial charge in [0.05, 0.1) is 11.0 Å². The Morgan fingerprint density at radius 3 is 3.11 bits per heavy atom. The molecule has 1 N–H and O–H groups in total. The van der Waals surface area contributed by atoms with E-state index in [4.69, 9.17) is 4.74 Å². The molecule has 0 bridgehead atoms. The fraction of sp³-hybridized carbons (Fsp3) is 0.455. The van der Waals surface area contributed by atoms with Gasteiger partial charge in [-0.25, -0.2) is 4.63 Å². The molecule has 8 heteroatoms. The molecule has 1 aromatic carbocycles. The Morgan fingerprint density at radius 1 is 1.47 bits per heavy atom. The molecular formula is C11H12N4O4. The monoisotopic (exact) mass is 264 g/mol. The van der Waals surface area contributed by atoms with Gasteiger partial charge in [-0.15, -0.1) is 0 Å². The minimum Gasteiger partial charge on any atom is -0.377 e. The van der Waals surface area contributed by atoms with Crippen molar-refractivity contribution in [2.75, 3.05) is 18.5 Å². The van der Waals surface area contributed by atoms with Gasteiger partial charge in [0.25, 0.3) is 0 Å². The van der Waals surface area contributed by atoms with E-state index in [1.165, 1.54) is 0 Å². The van der Waals surface area contributed by atoms with Crippen molar-refractivity contribution in [3.8, 4) is 0 Å². The van der Waals surface area contributed by atoms with Crippen LogP contribution in [0.15, 0.2) is 16.8 Å². The van der Waals surface area contributed by atoms with Gasteiger partial charge in [0.2, 0.25) is 5.52 Å². The number of hydrogen-bond donors (Lipinski definition) is 1. The summed E-state index contributed by atoms with van der Waals surface area (Å²) in [5.41, 5.74) is 0.817. The molecule has 0 saturated carbocycles. The molecule has 19 heavy (non-hydrogen) atoms. The zero-order chi connectivity index (χ0) is 13.2. The maximum Gasteiger partial charge on any atom is 0.323 e. The molecule has 8 nitrogen and oxygen atoms in total. The third kappa shape index (κ3) is 2.22. The van der Waals surface area contributed by atoms with Crippen molar-refractivity contribution in [3.63, 3.8) is 0 Å². The number of anilines is 1. The zero-order valence-electron chi connectivity index (χ0n) is 10.0. The third-order valence-electron chi connectivity index (χ3n) is 3.13. The van der Waals surface area contributed by atoms with E-state index in [1.54, 1.807) is 12.1 Å². The second-order valence-electron chi connectivity index (χ2n) is 4.37. The van der Waals surface area contributed by atoms with Crippen LogP contribution in [0.5, 0.6) is 0 Å². The molecule has 1 aromatic heterocycles. The van der Waals surface area contributed by atoms with Crippen LogP contribution in [0.4, 0.5) is 11.4 Å². The molecule has 1 atom stereocenters. The van der Waals surface area contributed by atoms with Crippen LogP contribution in [0, 0.1) is 10.1 Å². The molecule has 100 valence electrons. The summed E-state index contributed by atoms with van der Waals surface area (Å²) >= 11 is 0. The Kier molecular flexibility index (Phi) is 3.00. The molecule has 1 saturated heterocycles. The molecule has 1 fully saturated rings. The summed E-state index contributed by atoms with van der Waals surface area (Å²) in [5, 5.41) is 21.4. The number of nitrogens with one attached hydrogen (secondary N) is 1. The third-order valence-corrected chi connectivity index (χ3v) is 3.13. The number of ether oxygens (including phenoxy) is 1. The van der Waals surface area contributed by atoms with Gasteiger partial charge in [-0.2, -0.15) is 0 Å². The van der Waals surface area contributed by atoms with Crippen LogP contribution < -0.4 is 5.32 Å². The molecular weight excluding hydrogens is 252 g/mol. The summed E-state index contributed by atoms with van der Waals surface area (Å²) < 4.78 is 10.0. The number of aromatic nitrogens is 2. The van der Waals surface area contributed by atoms with Crippen LogP contribution in [0.25, 0.3) is 11.0 Å². The predicted molar refractivity (Wildman–Crippen MR) is 65.9 cm³/mol. The summed E-state index contributed by atoms with van der Waals surface area (Å²) in [6, 6.07) is 3.25. The van der Waals surface area contributed by atoms with E-state index in [1.807, 2.05) is 0 Å². The molecule has 0 spiro atoms. The standard InChI is InChI=1S/C11H12N4O4/c16-15(17)11-9(12-6-7-2-1-5-18-7)4-3-8-10(11)14-19-13-8/h3-4,7,12H,1-2,5-6H2.